The predicted molar refractivity (Wildman–Crippen MR) is 54.8 cm³/mol. The number of fused-ring (bicyclic) bond motifs is 1. The number of carbonyl (C=O) groups is 1. The molecule has 0 spiro atoms. The molecule has 1 aliphatic rings. The minimum atomic E-state index is -0.735. The predicted octanol–water partition coefficient (Wildman–Crippen LogP) is 1.61. The molecular formula is C11H13NO2. The van der Waals surface area contributed by atoms with Crippen LogP contribution in [0.4, 0.5) is 5.69 Å². The van der Waals surface area contributed by atoms with Crippen LogP contribution >= 0.6 is 0 Å². The maximum atomic E-state index is 11.0. The van der Waals surface area contributed by atoms with Crippen molar-refractivity contribution in [1.29, 1.82) is 0 Å². The summed E-state index contributed by atoms with van der Waals surface area (Å²) >= 11 is 0. The van der Waals surface area contributed by atoms with E-state index < -0.39 is 5.97 Å². The van der Waals surface area contributed by atoms with Crippen LogP contribution in [0.5, 0.6) is 0 Å². The summed E-state index contributed by atoms with van der Waals surface area (Å²) in [6.07, 6.45) is 0. The monoisotopic (exact) mass is 191 g/mol. The second-order valence-electron chi connectivity index (χ2n) is 3.78. The Kier molecular flexibility index (Phi) is 1.95. The van der Waals surface area contributed by atoms with Gasteiger partial charge < -0.3 is 10.0 Å². The van der Waals surface area contributed by atoms with E-state index in [9.17, 15) is 4.79 Å². The van der Waals surface area contributed by atoms with E-state index in [-0.39, 0.29) is 5.92 Å². The largest absolute Gasteiger partial charge is 0.481 e. The number of rotatable bonds is 1. The quantitative estimate of drug-likeness (QED) is 0.733. The van der Waals surface area contributed by atoms with Gasteiger partial charge in [-0.3, -0.25) is 4.79 Å². The Labute approximate surface area is 83.0 Å². The standard InChI is InChI=1S/C11H13NO2/c1-7-4-3-5-8-9(11(13)14)6-12(2)10(7)8/h3-5,9H,6H2,1-2H3,(H,13,14). The molecule has 0 aromatic heterocycles. The van der Waals surface area contributed by atoms with Crippen LogP contribution in [0.15, 0.2) is 18.2 Å². The molecule has 1 heterocycles. The van der Waals surface area contributed by atoms with Crippen LogP contribution in [0.1, 0.15) is 17.0 Å². The molecule has 14 heavy (non-hydrogen) atoms. The number of nitrogens with zero attached hydrogens (tertiary/aromatic N) is 1. The SMILES string of the molecule is Cc1cccc2c1N(C)CC2C(=O)O. The van der Waals surface area contributed by atoms with Gasteiger partial charge in [-0.1, -0.05) is 18.2 Å². The molecule has 0 fully saturated rings. The molecular weight excluding hydrogens is 178 g/mol. The Morgan fingerprint density at radius 2 is 2.29 bits per heavy atom. The fraction of sp³-hybridized carbons (Fsp3) is 0.364. The lowest BCUT2D eigenvalue weighted by molar-refractivity contribution is -0.138. The summed E-state index contributed by atoms with van der Waals surface area (Å²) < 4.78 is 0. The van der Waals surface area contributed by atoms with Gasteiger partial charge in [-0.25, -0.2) is 0 Å². The highest BCUT2D eigenvalue weighted by atomic mass is 16.4. The molecule has 2 rings (SSSR count). The van der Waals surface area contributed by atoms with E-state index in [1.807, 2.05) is 37.1 Å². The lowest BCUT2D eigenvalue weighted by Crippen LogP contribution is -2.20. The second kappa shape index (κ2) is 3.01. The van der Waals surface area contributed by atoms with Crippen LogP contribution in [-0.4, -0.2) is 24.7 Å². The van der Waals surface area contributed by atoms with Gasteiger partial charge >= 0.3 is 5.97 Å². The van der Waals surface area contributed by atoms with Gasteiger partial charge in [0.05, 0.1) is 0 Å². The van der Waals surface area contributed by atoms with E-state index in [1.54, 1.807) is 0 Å². The first-order valence-corrected chi connectivity index (χ1v) is 4.64. The number of hydrogen-bond donors (Lipinski definition) is 1. The van der Waals surface area contributed by atoms with Crippen LogP contribution in [0.3, 0.4) is 0 Å². The number of anilines is 1. The molecule has 0 saturated heterocycles. The van der Waals surface area contributed by atoms with Crippen molar-refractivity contribution in [2.45, 2.75) is 12.8 Å². The summed E-state index contributed by atoms with van der Waals surface area (Å²) in [5.74, 6) is -1.10. The number of hydrogen-bond acceptors (Lipinski definition) is 2. The first kappa shape index (κ1) is 9.06. The lowest BCUT2D eigenvalue weighted by atomic mass is 10.00. The highest BCUT2D eigenvalue weighted by Crippen LogP contribution is 2.37. The fourth-order valence-electron chi connectivity index (χ4n) is 2.16. The summed E-state index contributed by atoms with van der Waals surface area (Å²) in [6, 6.07) is 5.84. The topological polar surface area (TPSA) is 40.5 Å². The summed E-state index contributed by atoms with van der Waals surface area (Å²) in [5, 5.41) is 9.04. The van der Waals surface area contributed by atoms with Crippen molar-refractivity contribution in [3.05, 3.63) is 29.3 Å². The smallest absolute Gasteiger partial charge is 0.312 e. The molecule has 0 bridgehead atoms. The summed E-state index contributed by atoms with van der Waals surface area (Å²) in [5.41, 5.74) is 3.17. The molecule has 1 atom stereocenters. The van der Waals surface area contributed by atoms with Crippen molar-refractivity contribution in [3.8, 4) is 0 Å². The van der Waals surface area contributed by atoms with Gasteiger partial charge in [0, 0.05) is 19.3 Å². The number of likely N-dealkylation sites (N-methyl/N-ethyl adjacent to an activating group) is 1. The second-order valence-corrected chi connectivity index (χ2v) is 3.78. The van der Waals surface area contributed by atoms with Crippen LogP contribution in [0.25, 0.3) is 0 Å². The van der Waals surface area contributed by atoms with Gasteiger partial charge in [-0.15, -0.1) is 0 Å². The van der Waals surface area contributed by atoms with E-state index in [0.29, 0.717) is 6.54 Å². The number of para-hydroxylation sites is 1. The van der Waals surface area contributed by atoms with Crippen molar-refractivity contribution in [2.75, 3.05) is 18.5 Å². The molecule has 0 saturated carbocycles. The van der Waals surface area contributed by atoms with Crippen molar-refractivity contribution in [2.24, 2.45) is 0 Å². The van der Waals surface area contributed by atoms with Crippen molar-refractivity contribution < 1.29 is 9.90 Å². The highest BCUT2D eigenvalue weighted by molar-refractivity contribution is 5.83. The zero-order valence-electron chi connectivity index (χ0n) is 8.32. The minimum Gasteiger partial charge on any atom is -0.481 e. The number of carboxylic acids is 1. The third kappa shape index (κ3) is 1.16. The Morgan fingerprint density at radius 1 is 1.57 bits per heavy atom. The van der Waals surface area contributed by atoms with E-state index in [0.717, 1.165) is 16.8 Å². The normalized spacial score (nSPS) is 19.6. The number of carboxylic acid groups (broad SMARTS) is 1. The summed E-state index contributed by atoms with van der Waals surface area (Å²) in [7, 11) is 1.94. The molecule has 0 aliphatic carbocycles. The molecule has 1 N–H and O–H groups in total. The van der Waals surface area contributed by atoms with Gasteiger partial charge in [0.15, 0.2) is 0 Å². The number of benzene rings is 1. The zero-order chi connectivity index (χ0) is 10.3. The van der Waals surface area contributed by atoms with Crippen molar-refractivity contribution >= 4 is 11.7 Å². The molecule has 3 nitrogen and oxygen atoms in total. The Hall–Kier alpha value is -1.51. The van der Waals surface area contributed by atoms with Crippen LogP contribution in [0.2, 0.25) is 0 Å². The van der Waals surface area contributed by atoms with Gasteiger partial charge in [0.1, 0.15) is 5.92 Å². The summed E-state index contributed by atoms with van der Waals surface area (Å²) in [4.78, 5) is 13.0. The maximum absolute atomic E-state index is 11.0. The zero-order valence-corrected chi connectivity index (χ0v) is 8.32. The maximum Gasteiger partial charge on any atom is 0.312 e. The first-order chi connectivity index (χ1) is 6.61. The van der Waals surface area contributed by atoms with E-state index >= 15 is 0 Å². The van der Waals surface area contributed by atoms with Gasteiger partial charge in [0.2, 0.25) is 0 Å². The first-order valence-electron chi connectivity index (χ1n) is 4.64. The molecule has 3 heteroatoms. The van der Waals surface area contributed by atoms with Crippen LogP contribution < -0.4 is 4.90 Å². The van der Waals surface area contributed by atoms with Crippen LogP contribution in [0, 0.1) is 6.92 Å². The Morgan fingerprint density at radius 3 is 2.93 bits per heavy atom. The number of aliphatic carboxylic acids is 1. The van der Waals surface area contributed by atoms with Gasteiger partial charge in [-0.2, -0.15) is 0 Å². The van der Waals surface area contributed by atoms with Gasteiger partial charge in [0.25, 0.3) is 0 Å². The minimum absolute atomic E-state index is 0.366. The van der Waals surface area contributed by atoms with Crippen molar-refractivity contribution in [3.63, 3.8) is 0 Å². The molecule has 1 aromatic rings. The average Bonchev–Trinajstić information content (AvgIpc) is 2.45. The number of aryl methyl sites for hydroxylation is 1. The molecule has 0 radical (unpaired) electrons. The Bertz CT molecular complexity index is 387. The molecule has 1 aromatic carbocycles. The van der Waals surface area contributed by atoms with E-state index in [2.05, 4.69) is 0 Å². The third-order valence-electron chi connectivity index (χ3n) is 2.78. The highest BCUT2D eigenvalue weighted by Gasteiger charge is 2.32. The van der Waals surface area contributed by atoms with E-state index in [1.165, 1.54) is 0 Å². The lowest BCUT2D eigenvalue weighted by Gasteiger charge is -2.13. The molecule has 0 amide bonds. The third-order valence-corrected chi connectivity index (χ3v) is 2.78. The molecule has 1 aliphatic heterocycles. The van der Waals surface area contributed by atoms with E-state index in [4.69, 9.17) is 5.11 Å². The fourth-order valence-corrected chi connectivity index (χ4v) is 2.16. The van der Waals surface area contributed by atoms with Gasteiger partial charge in [-0.05, 0) is 18.1 Å². The molecule has 1 unspecified atom stereocenters. The average molecular weight is 191 g/mol. The molecule has 74 valence electrons. The Balaban J connectivity index is 2.55. The van der Waals surface area contributed by atoms with Crippen LogP contribution in [-0.2, 0) is 4.79 Å². The summed E-state index contributed by atoms with van der Waals surface area (Å²) in [6.45, 7) is 2.59. The van der Waals surface area contributed by atoms with Crippen molar-refractivity contribution in [1.82, 2.24) is 0 Å².